The van der Waals surface area contributed by atoms with E-state index in [2.05, 4.69) is 0 Å². The van der Waals surface area contributed by atoms with Gasteiger partial charge in [-0.05, 0) is 41.8 Å². The van der Waals surface area contributed by atoms with Crippen LogP contribution in [0.5, 0.6) is 11.5 Å². The summed E-state index contributed by atoms with van der Waals surface area (Å²) in [4.78, 5) is 16.2. The summed E-state index contributed by atoms with van der Waals surface area (Å²) in [6.45, 7) is 1.10. The maximum Gasteiger partial charge on any atom is 0.254 e. The number of carbonyl (C=O) groups is 1. The Morgan fingerprint density at radius 1 is 1.08 bits per heavy atom. The Hall–Kier alpha value is -2.73. The molecule has 1 aromatic carbocycles. The molecule has 0 aliphatic heterocycles. The summed E-state index contributed by atoms with van der Waals surface area (Å²) >= 11 is 1.65. The van der Waals surface area contributed by atoms with Crippen LogP contribution in [0.3, 0.4) is 0 Å². The van der Waals surface area contributed by atoms with Gasteiger partial charge in [0.2, 0.25) is 0 Å². The summed E-state index contributed by atoms with van der Waals surface area (Å²) in [6.07, 6.45) is 1.99. The van der Waals surface area contributed by atoms with Gasteiger partial charge in [-0.15, -0.1) is 11.3 Å². The number of hydrogen-bond donors (Lipinski definition) is 0. The van der Waals surface area contributed by atoms with E-state index in [4.69, 9.17) is 9.47 Å². The summed E-state index contributed by atoms with van der Waals surface area (Å²) < 4.78 is 12.6. The summed E-state index contributed by atoms with van der Waals surface area (Å²) in [5.74, 6) is 1.12. The number of ether oxygens (including phenoxy) is 2. The molecule has 0 N–H and O–H groups in total. The zero-order chi connectivity index (χ0) is 18.5. The number of carbonyl (C=O) groups excluding carboxylic acids is 1. The quantitative estimate of drug-likeness (QED) is 0.633. The molecular weight excluding hydrogens is 348 g/mol. The Bertz CT molecular complexity index is 871. The molecule has 0 radical (unpaired) electrons. The third kappa shape index (κ3) is 3.91. The first-order valence-electron chi connectivity index (χ1n) is 8.26. The van der Waals surface area contributed by atoms with Crippen LogP contribution in [0.1, 0.15) is 20.9 Å². The molecule has 0 saturated carbocycles. The van der Waals surface area contributed by atoms with Crippen LogP contribution in [0, 0.1) is 0 Å². The van der Waals surface area contributed by atoms with Crippen LogP contribution in [-0.4, -0.2) is 29.6 Å². The lowest BCUT2D eigenvalue weighted by atomic mass is 10.1. The number of benzene rings is 1. The first kappa shape index (κ1) is 18.1. The lowest BCUT2D eigenvalue weighted by Gasteiger charge is -2.23. The molecule has 0 atom stereocenters. The smallest absolute Gasteiger partial charge is 0.254 e. The fourth-order valence-electron chi connectivity index (χ4n) is 2.80. The van der Waals surface area contributed by atoms with Gasteiger partial charge in [-0.25, -0.2) is 0 Å². The number of hydrogen-bond acceptors (Lipinski definition) is 4. The fourth-order valence-corrected chi connectivity index (χ4v) is 3.52. The van der Waals surface area contributed by atoms with Crippen LogP contribution < -0.4 is 9.47 Å². The summed E-state index contributed by atoms with van der Waals surface area (Å²) in [5, 5.41) is 2.02. The zero-order valence-electron chi connectivity index (χ0n) is 15.1. The molecule has 0 aliphatic rings. The maximum absolute atomic E-state index is 13.2. The van der Waals surface area contributed by atoms with E-state index in [-0.39, 0.29) is 5.91 Å². The molecule has 136 valence electrons. The number of amides is 1. The third-order valence-electron chi connectivity index (χ3n) is 4.25. The third-order valence-corrected chi connectivity index (χ3v) is 5.11. The van der Waals surface area contributed by atoms with Crippen LogP contribution in [0.4, 0.5) is 0 Å². The van der Waals surface area contributed by atoms with Crippen molar-refractivity contribution < 1.29 is 14.3 Å². The molecule has 0 bridgehead atoms. The fraction of sp³-hybridized carbons (Fsp3) is 0.250. The topological polar surface area (TPSA) is 43.7 Å². The van der Waals surface area contributed by atoms with Crippen LogP contribution in [-0.2, 0) is 20.1 Å². The molecule has 2 heterocycles. The van der Waals surface area contributed by atoms with Crippen molar-refractivity contribution in [2.75, 3.05) is 14.2 Å². The molecule has 26 heavy (non-hydrogen) atoms. The number of thiophene rings is 1. The van der Waals surface area contributed by atoms with Crippen LogP contribution in [0.25, 0.3) is 0 Å². The van der Waals surface area contributed by atoms with Gasteiger partial charge in [-0.1, -0.05) is 6.07 Å². The summed E-state index contributed by atoms with van der Waals surface area (Å²) in [5.41, 5.74) is 1.66. The first-order valence-corrected chi connectivity index (χ1v) is 9.14. The molecule has 3 rings (SSSR count). The second kappa shape index (κ2) is 8.10. The molecule has 5 nitrogen and oxygen atoms in total. The van der Waals surface area contributed by atoms with Crippen LogP contribution in [0.15, 0.2) is 54.0 Å². The lowest BCUT2D eigenvalue weighted by molar-refractivity contribution is 0.0728. The Labute approximate surface area is 157 Å². The minimum Gasteiger partial charge on any atom is -0.493 e. The van der Waals surface area contributed by atoms with Crippen LogP contribution in [0.2, 0.25) is 0 Å². The summed E-state index contributed by atoms with van der Waals surface area (Å²) in [6, 6.07) is 13.3. The molecule has 0 spiro atoms. The van der Waals surface area contributed by atoms with Crippen molar-refractivity contribution in [1.82, 2.24) is 9.47 Å². The number of nitrogens with zero attached hydrogens (tertiary/aromatic N) is 2. The average Bonchev–Trinajstić information content (AvgIpc) is 3.32. The van der Waals surface area contributed by atoms with Gasteiger partial charge in [-0.2, -0.15) is 0 Å². The van der Waals surface area contributed by atoms with E-state index in [0.717, 1.165) is 10.6 Å². The normalized spacial score (nSPS) is 10.6. The van der Waals surface area contributed by atoms with Gasteiger partial charge in [0.05, 0.1) is 27.3 Å². The Kier molecular flexibility index (Phi) is 5.63. The highest BCUT2D eigenvalue weighted by Crippen LogP contribution is 2.28. The monoisotopic (exact) mass is 370 g/mol. The molecule has 3 aromatic rings. The average molecular weight is 370 g/mol. The van der Waals surface area contributed by atoms with Gasteiger partial charge in [-0.3, -0.25) is 4.79 Å². The van der Waals surface area contributed by atoms with Crippen molar-refractivity contribution in [1.29, 1.82) is 0 Å². The van der Waals surface area contributed by atoms with Gasteiger partial charge in [0, 0.05) is 29.4 Å². The van der Waals surface area contributed by atoms with Crippen molar-refractivity contribution in [2.45, 2.75) is 13.1 Å². The maximum atomic E-state index is 13.2. The van der Waals surface area contributed by atoms with Crippen molar-refractivity contribution in [3.05, 3.63) is 70.2 Å². The lowest BCUT2D eigenvalue weighted by Crippen LogP contribution is -2.30. The van der Waals surface area contributed by atoms with E-state index in [1.165, 1.54) is 0 Å². The van der Waals surface area contributed by atoms with Crippen molar-refractivity contribution in [3.63, 3.8) is 0 Å². The minimum atomic E-state index is -0.0412. The highest BCUT2D eigenvalue weighted by atomic mass is 32.1. The zero-order valence-corrected chi connectivity index (χ0v) is 16.0. The standard InChI is InChI=1S/C20H22N2O3S/c1-21-10-4-6-16(21)13-22(14-17-7-5-11-26-17)20(23)15-8-9-18(24-2)19(12-15)25-3/h4-12H,13-14H2,1-3H3. The van der Waals surface area contributed by atoms with Gasteiger partial charge in [0.25, 0.3) is 5.91 Å². The SMILES string of the molecule is COc1ccc(C(=O)N(Cc2cccs2)Cc2cccn2C)cc1OC. The first-order chi connectivity index (χ1) is 12.6. The number of aryl methyl sites for hydroxylation is 1. The van der Waals surface area contributed by atoms with Crippen molar-refractivity contribution in [2.24, 2.45) is 7.05 Å². The van der Waals surface area contributed by atoms with E-state index in [0.29, 0.717) is 30.2 Å². The molecule has 0 saturated heterocycles. The molecule has 2 aromatic heterocycles. The molecule has 0 unspecified atom stereocenters. The Balaban J connectivity index is 1.90. The van der Waals surface area contributed by atoms with Crippen molar-refractivity contribution >= 4 is 17.2 Å². The highest BCUT2D eigenvalue weighted by Gasteiger charge is 2.20. The predicted octanol–water partition coefficient (Wildman–Crippen LogP) is 3.95. The molecule has 6 heteroatoms. The van der Waals surface area contributed by atoms with Crippen LogP contribution >= 0.6 is 11.3 Å². The molecule has 0 fully saturated rings. The number of aromatic nitrogens is 1. The van der Waals surface area contributed by atoms with E-state index in [1.807, 2.05) is 52.4 Å². The second-order valence-electron chi connectivity index (χ2n) is 5.92. The van der Waals surface area contributed by atoms with Crippen molar-refractivity contribution in [3.8, 4) is 11.5 Å². The number of rotatable bonds is 7. The highest BCUT2D eigenvalue weighted by molar-refractivity contribution is 7.09. The largest absolute Gasteiger partial charge is 0.493 e. The predicted molar refractivity (Wildman–Crippen MR) is 103 cm³/mol. The minimum absolute atomic E-state index is 0.0412. The van der Waals surface area contributed by atoms with E-state index < -0.39 is 0 Å². The Morgan fingerprint density at radius 2 is 1.88 bits per heavy atom. The van der Waals surface area contributed by atoms with Gasteiger partial charge < -0.3 is 18.9 Å². The molecular formula is C20H22N2O3S. The number of methoxy groups -OCH3 is 2. The van der Waals surface area contributed by atoms with E-state index >= 15 is 0 Å². The molecule has 1 amide bonds. The van der Waals surface area contributed by atoms with Gasteiger partial charge >= 0.3 is 0 Å². The summed E-state index contributed by atoms with van der Waals surface area (Å²) in [7, 11) is 5.14. The van der Waals surface area contributed by atoms with E-state index in [9.17, 15) is 4.79 Å². The van der Waals surface area contributed by atoms with E-state index in [1.54, 1.807) is 43.8 Å². The second-order valence-corrected chi connectivity index (χ2v) is 6.95. The van der Waals surface area contributed by atoms with Gasteiger partial charge in [0.15, 0.2) is 11.5 Å². The molecule has 0 aliphatic carbocycles. The van der Waals surface area contributed by atoms with Gasteiger partial charge in [0.1, 0.15) is 0 Å². The Morgan fingerprint density at radius 3 is 2.50 bits per heavy atom.